The lowest BCUT2D eigenvalue weighted by molar-refractivity contribution is -0.115. The zero-order valence-corrected chi connectivity index (χ0v) is 9.97. The number of aryl methyl sites for hydroxylation is 1. The summed E-state index contributed by atoms with van der Waals surface area (Å²) in [6.07, 6.45) is 1.02. The number of benzene rings is 1. The largest absolute Gasteiger partial charge is 0.325 e. The fourth-order valence-electron chi connectivity index (χ4n) is 1.07. The van der Waals surface area contributed by atoms with Gasteiger partial charge < -0.3 is 5.32 Å². The van der Waals surface area contributed by atoms with Crippen LogP contribution in [0, 0.1) is 0 Å². The van der Waals surface area contributed by atoms with Gasteiger partial charge in [0.25, 0.3) is 0 Å². The first kappa shape index (κ1) is 11.2. The number of anilines is 1. The van der Waals surface area contributed by atoms with Crippen molar-refractivity contribution in [1.29, 1.82) is 0 Å². The van der Waals surface area contributed by atoms with Gasteiger partial charge in [-0.1, -0.05) is 35.0 Å². The molecule has 0 saturated carbocycles. The third kappa shape index (κ3) is 3.14. The third-order valence-corrected chi connectivity index (χ3v) is 2.41. The molecule has 0 aliphatic heterocycles. The van der Waals surface area contributed by atoms with Crippen molar-refractivity contribution in [3.8, 4) is 0 Å². The Bertz CT molecular complexity index is 306. The Balaban J connectivity index is 2.64. The fourth-order valence-corrected chi connectivity index (χ4v) is 1.18. The summed E-state index contributed by atoms with van der Waals surface area (Å²) in [6.45, 7) is 3.91. The maximum absolute atomic E-state index is 11.3. The molecule has 1 amide bonds. The van der Waals surface area contributed by atoms with Crippen LogP contribution in [0.2, 0.25) is 0 Å². The molecule has 0 bridgehead atoms. The standard InChI is InChI=1S/C11H14BrNO/c1-3-9-4-6-10(7-5-9)13-11(14)8(2)12/h4-8H,3H2,1-2H3,(H,13,14)/t8-/m0/s1. The molecule has 1 rings (SSSR count). The van der Waals surface area contributed by atoms with E-state index in [2.05, 4.69) is 28.2 Å². The van der Waals surface area contributed by atoms with Crippen LogP contribution < -0.4 is 5.32 Å². The first-order chi connectivity index (χ1) is 6.63. The summed E-state index contributed by atoms with van der Waals surface area (Å²) < 4.78 is 0. The summed E-state index contributed by atoms with van der Waals surface area (Å²) in [5, 5.41) is 2.81. The van der Waals surface area contributed by atoms with Crippen LogP contribution >= 0.6 is 15.9 Å². The van der Waals surface area contributed by atoms with Gasteiger partial charge in [0.2, 0.25) is 5.91 Å². The van der Waals surface area contributed by atoms with E-state index in [-0.39, 0.29) is 10.7 Å². The van der Waals surface area contributed by atoms with E-state index >= 15 is 0 Å². The highest BCUT2D eigenvalue weighted by Gasteiger charge is 2.07. The van der Waals surface area contributed by atoms with E-state index in [9.17, 15) is 4.79 Å². The molecule has 0 unspecified atom stereocenters. The van der Waals surface area contributed by atoms with E-state index in [1.807, 2.05) is 24.3 Å². The highest BCUT2D eigenvalue weighted by atomic mass is 79.9. The molecule has 0 spiro atoms. The zero-order chi connectivity index (χ0) is 10.6. The maximum atomic E-state index is 11.3. The van der Waals surface area contributed by atoms with Crippen LogP contribution in [0.1, 0.15) is 19.4 Å². The van der Waals surface area contributed by atoms with Crippen LogP contribution in [0.15, 0.2) is 24.3 Å². The minimum absolute atomic E-state index is 0.0192. The second-order valence-corrected chi connectivity index (χ2v) is 4.53. The topological polar surface area (TPSA) is 29.1 Å². The average Bonchev–Trinajstić information content (AvgIpc) is 2.19. The molecule has 0 radical (unpaired) electrons. The first-order valence-electron chi connectivity index (χ1n) is 4.67. The first-order valence-corrected chi connectivity index (χ1v) is 5.59. The summed E-state index contributed by atoms with van der Waals surface area (Å²) in [6, 6.07) is 7.89. The molecule has 1 atom stereocenters. The lowest BCUT2D eigenvalue weighted by atomic mass is 10.1. The van der Waals surface area contributed by atoms with Crippen molar-refractivity contribution in [2.45, 2.75) is 25.1 Å². The van der Waals surface area contributed by atoms with Gasteiger partial charge in [-0.2, -0.15) is 0 Å². The summed E-state index contributed by atoms with van der Waals surface area (Å²) in [5.41, 5.74) is 2.12. The van der Waals surface area contributed by atoms with Crippen LogP contribution in [0.4, 0.5) is 5.69 Å². The van der Waals surface area contributed by atoms with Gasteiger partial charge in [-0.15, -0.1) is 0 Å². The van der Waals surface area contributed by atoms with Crippen molar-refractivity contribution in [2.75, 3.05) is 5.32 Å². The van der Waals surface area contributed by atoms with Gasteiger partial charge in [0.05, 0.1) is 4.83 Å². The third-order valence-electron chi connectivity index (χ3n) is 1.99. The van der Waals surface area contributed by atoms with Gasteiger partial charge in [0.15, 0.2) is 0 Å². The summed E-state index contributed by atoms with van der Waals surface area (Å²) in [7, 11) is 0. The van der Waals surface area contributed by atoms with Gasteiger partial charge in [0.1, 0.15) is 0 Å². The number of nitrogens with one attached hydrogen (secondary N) is 1. The lowest BCUT2D eigenvalue weighted by Crippen LogP contribution is -2.19. The van der Waals surface area contributed by atoms with E-state index in [0.717, 1.165) is 12.1 Å². The van der Waals surface area contributed by atoms with Crippen LogP contribution in [0.25, 0.3) is 0 Å². The Morgan fingerprint density at radius 3 is 2.43 bits per heavy atom. The monoisotopic (exact) mass is 255 g/mol. The Kier molecular flexibility index (Phi) is 4.14. The van der Waals surface area contributed by atoms with Gasteiger partial charge in [-0.25, -0.2) is 0 Å². The van der Waals surface area contributed by atoms with Crippen LogP contribution in [-0.4, -0.2) is 10.7 Å². The number of halogens is 1. The Morgan fingerprint density at radius 2 is 2.00 bits per heavy atom. The molecule has 0 heterocycles. The molecule has 76 valence electrons. The molecule has 3 heteroatoms. The molecule has 1 aromatic rings. The molecule has 0 aliphatic rings. The van der Waals surface area contributed by atoms with E-state index in [4.69, 9.17) is 0 Å². The fraction of sp³-hybridized carbons (Fsp3) is 0.364. The number of rotatable bonds is 3. The van der Waals surface area contributed by atoms with Crippen LogP contribution in [0.5, 0.6) is 0 Å². The Labute approximate surface area is 92.8 Å². The van der Waals surface area contributed by atoms with E-state index in [0.29, 0.717) is 0 Å². The molecule has 14 heavy (non-hydrogen) atoms. The van der Waals surface area contributed by atoms with Gasteiger partial charge >= 0.3 is 0 Å². The van der Waals surface area contributed by atoms with Crippen molar-refractivity contribution in [1.82, 2.24) is 0 Å². The predicted molar refractivity (Wildman–Crippen MR) is 62.8 cm³/mol. The maximum Gasteiger partial charge on any atom is 0.237 e. The van der Waals surface area contributed by atoms with Crippen molar-refractivity contribution in [3.05, 3.63) is 29.8 Å². The van der Waals surface area contributed by atoms with Crippen molar-refractivity contribution in [3.63, 3.8) is 0 Å². The van der Waals surface area contributed by atoms with E-state index in [1.165, 1.54) is 5.56 Å². The molecule has 1 aromatic carbocycles. The zero-order valence-electron chi connectivity index (χ0n) is 8.38. The Hall–Kier alpha value is -0.830. The number of alkyl halides is 1. The van der Waals surface area contributed by atoms with Crippen molar-refractivity contribution < 1.29 is 4.79 Å². The normalized spacial score (nSPS) is 12.2. The number of carbonyl (C=O) groups is 1. The quantitative estimate of drug-likeness (QED) is 0.827. The highest BCUT2D eigenvalue weighted by molar-refractivity contribution is 9.10. The lowest BCUT2D eigenvalue weighted by Gasteiger charge is -2.06. The molecule has 0 aromatic heterocycles. The summed E-state index contributed by atoms with van der Waals surface area (Å²) in [5.74, 6) is -0.0192. The molecule has 0 fully saturated rings. The van der Waals surface area contributed by atoms with Crippen molar-refractivity contribution in [2.24, 2.45) is 0 Å². The molecular weight excluding hydrogens is 242 g/mol. The molecular formula is C11H14BrNO. The average molecular weight is 256 g/mol. The van der Waals surface area contributed by atoms with Crippen LogP contribution in [0.3, 0.4) is 0 Å². The highest BCUT2D eigenvalue weighted by Crippen LogP contribution is 2.11. The minimum Gasteiger partial charge on any atom is -0.325 e. The van der Waals surface area contributed by atoms with Gasteiger partial charge in [-0.05, 0) is 31.0 Å². The number of hydrogen-bond donors (Lipinski definition) is 1. The smallest absolute Gasteiger partial charge is 0.237 e. The van der Waals surface area contributed by atoms with E-state index < -0.39 is 0 Å². The second-order valence-electron chi connectivity index (χ2n) is 3.16. The van der Waals surface area contributed by atoms with Crippen LogP contribution in [-0.2, 0) is 11.2 Å². The Morgan fingerprint density at radius 1 is 1.43 bits per heavy atom. The molecule has 0 saturated heterocycles. The van der Waals surface area contributed by atoms with Gasteiger partial charge in [-0.3, -0.25) is 4.79 Å². The predicted octanol–water partition coefficient (Wildman–Crippen LogP) is 2.97. The summed E-state index contributed by atoms with van der Waals surface area (Å²) >= 11 is 3.21. The van der Waals surface area contributed by atoms with Crippen molar-refractivity contribution >= 4 is 27.5 Å². The molecule has 2 nitrogen and oxygen atoms in total. The van der Waals surface area contributed by atoms with Gasteiger partial charge in [0, 0.05) is 5.69 Å². The molecule has 1 N–H and O–H groups in total. The van der Waals surface area contributed by atoms with E-state index in [1.54, 1.807) is 6.92 Å². The second kappa shape index (κ2) is 5.15. The SMILES string of the molecule is CCc1ccc(NC(=O)[C@H](C)Br)cc1. The minimum atomic E-state index is -0.159. The summed E-state index contributed by atoms with van der Waals surface area (Å²) in [4.78, 5) is 11.1. The number of amides is 1. The molecule has 0 aliphatic carbocycles. The number of hydrogen-bond acceptors (Lipinski definition) is 1. The number of carbonyl (C=O) groups excluding carboxylic acids is 1.